The molecule has 2 saturated heterocycles. The molecule has 3 N–H and O–H groups in total. The molecule has 3 aromatic carbocycles. The van der Waals surface area contributed by atoms with Crippen molar-refractivity contribution in [2.24, 2.45) is 11.8 Å². The van der Waals surface area contributed by atoms with Crippen LogP contribution in [-0.4, -0.2) is 70.2 Å². The molecule has 3 atom stereocenters. The number of amides is 1. The Morgan fingerprint density at radius 3 is 2.60 bits per heavy atom. The predicted molar refractivity (Wildman–Crippen MR) is 188 cm³/mol. The van der Waals surface area contributed by atoms with Crippen molar-refractivity contribution in [1.82, 2.24) is 19.8 Å². The van der Waals surface area contributed by atoms with Crippen molar-refractivity contribution in [3.63, 3.8) is 0 Å². The van der Waals surface area contributed by atoms with Crippen LogP contribution in [0.4, 0.5) is 20.4 Å². The zero-order valence-electron chi connectivity index (χ0n) is 28.3. The summed E-state index contributed by atoms with van der Waals surface area (Å²) in [7, 11) is 0. The van der Waals surface area contributed by atoms with E-state index in [1.165, 1.54) is 23.3 Å². The van der Waals surface area contributed by atoms with Gasteiger partial charge in [-0.15, -0.1) is 0 Å². The Morgan fingerprint density at radius 1 is 1.02 bits per heavy atom. The first-order valence-electron chi connectivity index (χ1n) is 17.6. The van der Waals surface area contributed by atoms with Gasteiger partial charge in [0.25, 0.3) is 0 Å². The molecule has 0 radical (unpaired) electrons. The van der Waals surface area contributed by atoms with E-state index in [1.807, 2.05) is 17.7 Å². The quantitative estimate of drug-likeness (QED) is 0.201. The second kappa shape index (κ2) is 14.7. The molecule has 4 heterocycles. The Balaban J connectivity index is 1.06. The molecule has 0 unspecified atom stereocenters. The van der Waals surface area contributed by atoms with Gasteiger partial charge in [-0.2, -0.15) is 0 Å². The van der Waals surface area contributed by atoms with Crippen molar-refractivity contribution in [2.45, 2.75) is 57.7 Å². The fourth-order valence-electron chi connectivity index (χ4n) is 7.93. The molecule has 2 fully saturated rings. The smallest absolute Gasteiger partial charge is 0.306 e. The Bertz CT molecular complexity index is 1850. The number of anilines is 2. The number of aliphatic carboxylic acids is 1. The van der Waals surface area contributed by atoms with Gasteiger partial charge in [-0.25, -0.2) is 13.8 Å². The number of likely N-dealkylation sites (tertiary alicyclic amines) is 1. The van der Waals surface area contributed by atoms with E-state index < -0.39 is 29.4 Å². The number of aromatic nitrogens is 2. The topological polar surface area (TPSA) is 103 Å². The highest BCUT2D eigenvalue weighted by Crippen LogP contribution is 2.36. The molecule has 1 amide bonds. The molecule has 0 aliphatic carbocycles. The molecule has 7 rings (SSSR count). The van der Waals surface area contributed by atoms with Crippen LogP contribution < -0.4 is 15.5 Å². The number of carbonyl (C=O) groups excluding carboxylic acids is 1. The van der Waals surface area contributed by atoms with Gasteiger partial charge < -0.3 is 24.8 Å². The summed E-state index contributed by atoms with van der Waals surface area (Å²) in [6.45, 7) is 6.32. The maximum atomic E-state index is 15.2. The monoisotopic (exact) mass is 682 g/mol. The molecule has 3 aliphatic rings. The molecular formula is C39H44F2N6O3. The molecule has 1 aromatic heterocycles. The second-order valence-electron chi connectivity index (χ2n) is 14.1. The maximum absolute atomic E-state index is 15.2. The van der Waals surface area contributed by atoms with E-state index in [9.17, 15) is 19.1 Å². The van der Waals surface area contributed by atoms with E-state index in [0.29, 0.717) is 63.1 Å². The Labute approximate surface area is 291 Å². The predicted octanol–water partition coefficient (Wildman–Crippen LogP) is 5.58. The summed E-state index contributed by atoms with van der Waals surface area (Å²) in [6, 6.07) is 18.7. The number of halogens is 2. The van der Waals surface area contributed by atoms with E-state index in [1.54, 1.807) is 6.20 Å². The third-order valence-electron chi connectivity index (χ3n) is 10.8. The number of hydrogen-bond acceptors (Lipinski definition) is 6. The van der Waals surface area contributed by atoms with Gasteiger partial charge in [0.2, 0.25) is 11.9 Å². The first kappa shape index (κ1) is 33.9. The van der Waals surface area contributed by atoms with Crippen LogP contribution in [0, 0.1) is 30.4 Å². The summed E-state index contributed by atoms with van der Waals surface area (Å²) in [6.07, 6.45) is 6.48. The second-order valence-corrected chi connectivity index (χ2v) is 14.1. The minimum absolute atomic E-state index is 0.252. The number of nitrogens with zero attached hydrogens (tertiary/aromatic N) is 4. The van der Waals surface area contributed by atoms with Gasteiger partial charge in [0, 0.05) is 68.8 Å². The third-order valence-corrected chi connectivity index (χ3v) is 10.8. The van der Waals surface area contributed by atoms with Crippen LogP contribution in [0.3, 0.4) is 0 Å². The molecule has 0 spiro atoms. The number of nitrogens with one attached hydrogen (secondary N) is 2. The van der Waals surface area contributed by atoms with Gasteiger partial charge in [0.05, 0.1) is 18.4 Å². The van der Waals surface area contributed by atoms with Gasteiger partial charge in [-0.1, -0.05) is 42.5 Å². The number of imidazole rings is 1. The first-order valence-corrected chi connectivity index (χ1v) is 17.6. The molecular weight excluding hydrogens is 638 g/mol. The van der Waals surface area contributed by atoms with Crippen molar-refractivity contribution in [2.75, 3.05) is 42.9 Å². The molecule has 50 heavy (non-hydrogen) atoms. The zero-order chi connectivity index (χ0) is 34.8. The van der Waals surface area contributed by atoms with Crippen LogP contribution >= 0.6 is 0 Å². The highest BCUT2D eigenvalue weighted by molar-refractivity contribution is 5.92. The third kappa shape index (κ3) is 7.44. The number of fused-ring (bicyclic) bond motifs is 1. The molecule has 262 valence electrons. The summed E-state index contributed by atoms with van der Waals surface area (Å²) in [5.41, 5.74) is 6.22. The number of rotatable bonds is 10. The lowest BCUT2D eigenvalue weighted by Crippen LogP contribution is -2.38. The fraction of sp³-hybridized carbons (Fsp3) is 0.410. The van der Waals surface area contributed by atoms with Crippen molar-refractivity contribution >= 4 is 23.5 Å². The van der Waals surface area contributed by atoms with Gasteiger partial charge in [0.15, 0.2) is 0 Å². The summed E-state index contributed by atoms with van der Waals surface area (Å²) in [5.74, 6) is -3.21. The van der Waals surface area contributed by atoms with Crippen molar-refractivity contribution in [1.29, 1.82) is 0 Å². The Hall–Kier alpha value is -4.61. The molecule has 11 heteroatoms. The fourth-order valence-corrected chi connectivity index (χ4v) is 7.93. The van der Waals surface area contributed by atoms with E-state index in [-0.39, 0.29) is 11.8 Å². The van der Waals surface area contributed by atoms with Gasteiger partial charge >= 0.3 is 5.97 Å². The Morgan fingerprint density at radius 2 is 1.82 bits per heavy atom. The van der Waals surface area contributed by atoms with Crippen molar-refractivity contribution in [3.05, 3.63) is 113 Å². The maximum Gasteiger partial charge on any atom is 0.306 e. The lowest BCUT2D eigenvalue weighted by molar-refractivity contribution is -0.142. The van der Waals surface area contributed by atoms with Crippen LogP contribution in [0.5, 0.6) is 0 Å². The van der Waals surface area contributed by atoms with Crippen LogP contribution in [0.25, 0.3) is 0 Å². The minimum atomic E-state index is -0.741. The molecule has 0 bridgehead atoms. The highest BCUT2D eigenvalue weighted by Gasteiger charge is 2.40. The first-order chi connectivity index (χ1) is 24.2. The SMILES string of the molecule is Cc1ccc(Cn2ccnc2NC(=O)[C@@H]2CN(CC[C@H]3Cc4ccccc4CN3)C[C@H]2c2ccc(F)cc2F)c(N2CCC(C(=O)O)CC2)c1. The summed E-state index contributed by atoms with van der Waals surface area (Å²) in [4.78, 5) is 34.5. The number of piperidine rings is 1. The summed E-state index contributed by atoms with van der Waals surface area (Å²) < 4.78 is 31.0. The highest BCUT2D eigenvalue weighted by atomic mass is 19.1. The lowest BCUT2D eigenvalue weighted by Gasteiger charge is -2.33. The molecule has 4 aromatic rings. The molecule has 9 nitrogen and oxygen atoms in total. The van der Waals surface area contributed by atoms with Crippen molar-refractivity contribution < 1.29 is 23.5 Å². The number of carbonyl (C=O) groups is 2. The summed E-state index contributed by atoms with van der Waals surface area (Å²) >= 11 is 0. The molecule has 3 aliphatic heterocycles. The summed E-state index contributed by atoms with van der Waals surface area (Å²) in [5, 5.41) is 16.2. The van der Waals surface area contributed by atoms with E-state index in [4.69, 9.17) is 0 Å². The molecule has 0 saturated carbocycles. The zero-order valence-corrected chi connectivity index (χ0v) is 28.3. The number of carboxylic acids is 1. The van der Waals surface area contributed by atoms with Crippen LogP contribution in [0.1, 0.15) is 53.0 Å². The van der Waals surface area contributed by atoms with Crippen LogP contribution in [0.2, 0.25) is 0 Å². The van der Waals surface area contributed by atoms with Crippen molar-refractivity contribution in [3.8, 4) is 0 Å². The average Bonchev–Trinajstić information content (AvgIpc) is 3.74. The Kier molecular flexibility index (Phi) is 9.96. The largest absolute Gasteiger partial charge is 0.481 e. The van der Waals surface area contributed by atoms with Gasteiger partial charge in [-0.05, 0) is 79.1 Å². The van der Waals surface area contributed by atoms with Crippen LogP contribution in [0.15, 0.2) is 73.1 Å². The number of aryl methyl sites for hydroxylation is 1. The number of carboxylic acid groups (broad SMARTS) is 1. The number of benzene rings is 3. The van der Waals surface area contributed by atoms with Crippen LogP contribution in [-0.2, 0) is 29.1 Å². The standard InChI is InChI=1S/C39H44F2N6O3/c1-25-6-7-29(36(18-25)46-15-10-26(11-16-46)38(49)50)22-47-17-13-42-39(47)44-37(48)34-24-45(23-33(34)32-9-8-30(40)20-35(32)41)14-12-31-19-27-4-2-3-5-28(27)21-43-31/h2-9,13,17-18,20,26,31,33-34,43H,10-12,14-16,19,21-24H2,1H3,(H,49,50)(H,42,44,48)/t31-,33-,34+/m0/s1. The van der Waals surface area contributed by atoms with E-state index in [2.05, 4.69) is 67.9 Å². The van der Waals surface area contributed by atoms with Gasteiger partial charge in [-0.3, -0.25) is 14.9 Å². The lowest BCUT2D eigenvalue weighted by atomic mass is 9.88. The minimum Gasteiger partial charge on any atom is -0.481 e. The van der Waals surface area contributed by atoms with E-state index >= 15 is 4.39 Å². The normalized spacial score (nSPS) is 21.3. The van der Waals surface area contributed by atoms with E-state index in [0.717, 1.165) is 48.8 Å². The average molecular weight is 683 g/mol. The van der Waals surface area contributed by atoms with Gasteiger partial charge in [0.1, 0.15) is 11.6 Å². The number of hydrogen-bond donors (Lipinski definition) is 3.